The van der Waals surface area contributed by atoms with E-state index >= 15 is 0 Å². The summed E-state index contributed by atoms with van der Waals surface area (Å²) >= 11 is 3.48. The van der Waals surface area contributed by atoms with Gasteiger partial charge >= 0.3 is 0 Å². The summed E-state index contributed by atoms with van der Waals surface area (Å²) in [5.74, 6) is -0.0319. The zero-order valence-electron chi connectivity index (χ0n) is 8.06. The molecule has 0 aliphatic carbocycles. The molecule has 68 valence electrons. The first-order valence-corrected chi connectivity index (χ1v) is 5.01. The van der Waals surface area contributed by atoms with E-state index in [1.54, 1.807) is 0 Å². The highest BCUT2D eigenvalue weighted by Crippen LogP contribution is 2.25. The number of nitrogens with zero attached hydrogens (tertiary/aromatic N) is 1. The lowest BCUT2D eigenvalue weighted by Crippen LogP contribution is -1.93. The Morgan fingerprint density at radius 1 is 1.38 bits per heavy atom. The van der Waals surface area contributed by atoms with E-state index in [9.17, 15) is 0 Å². The van der Waals surface area contributed by atoms with Gasteiger partial charge in [-0.3, -0.25) is 0 Å². The van der Waals surface area contributed by atoms with Gasteiger partial charge in [-0.25, -0.2) is 0 Å². The highest BCUT2D eigenvalue weighted by Gasteiger charge is 2.07. The zero-order valence-corrected chi connectivity index (χ0v) is 9.64. The molecule has 0 bridgehead atoms. The lowest BCUT2D eigenvalue weighted by Gasteiger charge is -2.08. The number of benzene rings is 1. The Morgan fingerprint density at radius 3 is 2.46 bits per heavy atom. The van der Waals surface area contributed by atoms with Crippen LogP contribution in [0.3, 0.4) is 0 Å². The standard InChI is InChI=1S/C11H12BrN/c1-7-4-10(8(2)6-13)5-11(12)9(7)3/h4-5,8H,1-3H3. The predicted molar refractivity (Wildman–Crippen MR) is 57.6 cm³/mol. The van der Waals surface area contributed by atoms with Crippen LogP contribution in [-0.2, 0) is 0 Å². The molecule has 0 radical (unpaired) electrons. The molecule has 0 amide bonds. The molecule has 1 aromatic carbocycles. The Bertz CT molecular complexity index is 340. The summed E-state index contributed by atoms with van der Waals surface area (Å²) in [6.45, 7) is 6.05. The molecular formula is C11H12BrN. The molecule has 1 unspecified atom stereocenters. The minimum atomic E-state index is -0.0319. The molecule has 0 heterocycles. The fraction of sp³-hybridized carbons (Fsp3) is 0.364. The predicted octanol–water partition coefficient (Wildman–Crippen LogP) is 3.69. The highest BCUT2D eigenvalue weighted by atomic mass is 79.9. The van der Waals surface area contributed by atoms with Crippen molar-refractivity contribution in [2.24, 2.45) is 0 Å². The van der Waals surface area contributed by atoms with Gasteiger partial charge in [0.2, 0.25) is 0 Å². The van der Waals surface area contributed by atoms with E-state index in [4.69, 9.17) is 5.26 Å². The fourth-order valence-corrected chi connectivity index (χ4v) is 1.74. The Kier molecular flexibility index (Phi) is 3.11. The zero-order chi connectivity index (χ0) is 10.0. The quantitative estimate of drug-likeness (QED) is 0.731. The van der Waals surface area contributed by atoms with E-state index in [-0.39, 0.29) is 5.92 Å². The monoisotopic (exact) mass is 237 g/mol. The molecule has 1 nitrogen and oxygen atoms in total. The van der Waals surface area contributed by atoms with Crippen molar-refractivity contribution in [2.45, 2.75) is 26.7 Å². The van der Waals surface area contributed by atoms with Gasteiger partial charge in [0.1, 0.15) is 0 Å². The van der Waals surface area contributed by atoms with Gasteiger partial charge < -0.3 is 0 Å². The first-order valence-electron chi connectivity index (χ1n) is 4.22. The number of rotatable bonds is 1. The van der Waals surface area contributed by atoms with E-state index in [2.05, 4.69) is 41.9 Å². The average molecular weight is 238 g/mol. The van der Waals surface area contributed by atoms with E-state index in [1.807, 2.05) is 13.0 Å². The topological polar surface area (TPSA) is 23.8 Å². The van der Waals surface area contributed by atoms with Crippen molar-refractivity contribution in [1.29, 1.82) is 5.26 Å². The van der Waals surface area contributed by atoms with E-state index in [0.717, 1.165) is 10.0 Å². The second kappa shape index (κ2) is 3.93. The van der Waals surface area contributed by atoms with Crippen molar-refractivity contribution in [3.05, 3.63) is 33.3 Å². The van der Waals surface area contributed by atoms with Gasteiger partial charge in [-0.1, -0.05) is 22.0 Å². The maximum atomic E-state index is 8.77. The largest absolute Gasteiger partial charge is 0.198 e. The molecule has 0 saturated carbocycles. The van der Waals surface area contributed by atoms with Gasteiger partial charge in [-0.2, -0.15) is 5.26 Å². The molecule has 1 aromatic rings. The van der Waals surface area contributed by atoms with Crippen LogP contribution in [0, 0.1) is 25.2 Å². The number of hydrogen-bond acceptors (Lipinski definition) is 1. The van der Waals surface area contributed by atoms with Gasteiger partial charge in [-0.05, 0) is 43.5 Å². The summed E-state index contributed by atoms with van der Waals surface area (Å²) in [4.78, 5) is 0. The van der Waals surface area contributed by atoms with E-state index < -0.39 is 0 Å². The number of nitriles is 1. The van der Waals surface area contributed by atoms with Gasteiger partial charge in [0.15, 0.2) is 0 Å². The van der Waals surface area contributed by atoms with Crippen LogP contribution in [0.2, 0.25) is 0 Å². The van der Waals surface area contributed by atoms with Crippen molar-refractivity contribution in [3.63, 3.8) is 0 Å². The summed E-state index contributed by atoms with van der Waals surface area (Å²) in [6.07, 6.45) is 0. The second-order valence-corrected chi connectivity index (χ2v) is 4.15. The van der Waals surface area contributed by atoms with Crippen molar-refractivity contribution in [1.82, 2.24) is 0 Å². The van der Waals surface area contributed by atoms with Gasteiger partial charge in [-0.15, -0.1) is 0 Å². The van der Waals surface area contributed by atoms with Gasteiger partial charge in [0.25, 0.3) is 0 Å². The Morgan fingerprint density at radius 2 is 2.00 bits per heavy atom. The minimum Gasteiger partial charge on any atom is -0.198 e. The average Bonchev–Trinajstić information content (AvgIpc) is 2.12. The molecule has 2 heteroatoms. The number of aryl methyl sites for hydroxylation is 1. The summed E-state index contributed by atoms with van der Waals surface area (Å²) < 4.78 is 1.09. The molecular weight excluding hydrogens is 226 g/mol. The molecule has 1 rings (SSSR count). The first-order chi connectivity index (χ1) is 6.06. The third kappa shape index (κ3) is 2.10. The second-order valence-electron chi connectivity index (χ2n) is 3.30. The van der Waals surface area contributed by atoms with Crippen molar-refractivity contribution in [2.75, 3.05) is 0 Å². The van der Waals surface area contributed by atoms with Crippen LogP contribution < -0.4 is 0 Å². The van der Waals surface area contributed by atoms with Crippen LogP contribution in [-0.4, -0.2) is 0 Å². The van der Waals surface area contributed by atoms with Crippen molar-refractivity contribution >= 4 is 15.9 Å². The van der Waals surface area contributed by atoms with Crippen molar-refractivity contribution < 1.29 is 0 Å². The van der Waals surface area contributed by atoms with Gasteiger partial charge in [0, 0.05) is 4.47 Å². The Labute approximate surface area is 87.5 Å². The molecule has 1 atom stereocenters. The molecule has 0 N–H and O–H groups in total. The fourth-order valence-electron chi connectivity index (χ4n) is 1.17. The molecule has 0 aromatic heterocycles. The van der Waals surface area contributed by atoms with Crippen LogP contribution in [0.15, 0.2) is 16.6 Å². The summed E-state index contributed by atoms with van der Waals surface area (Å²) in [6, 6.07) is 6.34. The molecule has 0 fully saturated rings. The summed E-state index contributed by atoms with van der Waals surface area (Å²) in [5, 5.41) is 8.77. The van der Waals surface area contributed by atoms with Crippen LogP contribution in [0.5, 0.6) is 0 Å². The van der Waals surface area contributed by atoms with Crippen LogP contribution in [0.4, 0.5) is 0 Å². The minimum absolute atomic E-state index is 0.0319. The molecule has 0 spiro atoms. The summed E-state index contributed by atoms with van der Waals surface area (Å²) in [5.41, 5.74) is 3.55. The normalized spacial score (nSPS) is 12.2. The van der Waals surface area contributed by atoms with Crippen molar-refractivity contribution in [3.8, 4) is 6.07 Å². The van der Waals surface area contributed by atoms with Crippen LogP contribution in [0.25, 0.3) is 0 Å². The van der Waals surface area contributed by atoms with E-state index in [1.165, 1.54) is 11.1 Å². The third-order valence-corrected chi connectivity index (χ3v) is 3.14. The summed E-state index contributed by atoms with van der Waals surface area (Å²) in [7, 11) is 0. The smallest absolute Gasteiger partial charge is 0.0700 e. The lowest BCUT2D eigenvalue weighted by molar-refractivity contribution is 0.974. The Hall–Kier alpha value is -0.810. The van der Waals surface area contributed by atoms with Crippen LogP contribution >= 0.6 is 15.9 Å². The first kappa shape index (κ1) is 10.3. The Balaban J connectivity index is 3.22. The molecule has 13 heavy (non-hydrogen) atoms. The molecule has 0 aliphatic rings. The highest BCUT2D eigenvalue weighted by molar-refractivity contribution is 9.10. The molecule has 0 aliphatic heterocycles. The maximum absolute atomic E-state index is 8.77. The number of halogens is 1. The van der Waals surface area contributed by atoms with E-state index in [0.29, 0.717) is 0 Å². The third-order valence-electron chi connectivity index (χ3n) is 2.32. The molecule has 0 saturated heterocycles. The lowest BCUT2D eigenvalue weighted by atomic mass is 9.98. The SMILES string of the molecule is Cc1cc(C(C)C#N)cc(Br)c1C. The van der Waals surface area contributed by atoms with Crippen LogP contribution in [0.1, 0.15) is 29.5 Å². The maximum Gasteiger partial charge on any atom is 0.0700 e. The number of hydrogen-bond donors (Lipinski definition) is 0. The van der Waals surface area contributed by atoms with Gasteiger partial charge in [0.05, 0.1) is 12.0 Å².